The van der Waals surface area contributed by atoms with Crippen LogP contribution in [0.2, 0.25) is 0 Å². The minimum absolute atomic E-state index is 0.695. The van der Waals surface area contributed by atoms with Crippen LogP contribution in [0.3, 0.4) is 0 Å². The topological polar surface area (TPSA) is 22.1 Å². The Hall–Kier alpha value is -1.00. The zero-order valence-corrected chi connectivity index (χ0v) is 10.7. The molecule has 0 unspecified atom stereocenters. The van der Waals surface area contributed by atoms with Crippen molar-refractivity contribution in [2.75, 3.05) is 6.61 Å². The summed E-state index contributed by atoms with van der Waals surface area (Å²) in [5, 5.41) is 1.03. The maximum Gasteiger partial charge on any atom is 0.123 e. The number of hydrogen-bond acceptors (Lipinski definition) is 4. The van der Waals surface area contributed by atoms with E-state index in [4.69, 9.17) is 4.74 Å². The maximum absolute atomic E-state index is 5.39. The zero-order chi connectivity index (χ0) is 11.4. The Morgan fingerprint density at radius 2 is 2.06 bits per heavy atom. The van der Waals surface area contributed by atoms with Gasteiger partial charge in [-0.25, -0.2) is 4.98 Å². The highest BCUT2D eigenvalue weighted by Crippen LogP contribution is 2.27. The average Bonchev–Trinajstić information content (AvgIpc) is 2.79. The van der Waals surface area contributed by atoms with Crippen LogP contribution in [-0.2, 0) is 5.75 Å². The van der Waals surface area contributed by atoms with Crippen LogP contribution in [0, 0.1) is 0 Å². The molecule has 1 aromatic carbocycles. The highest BCUT2D eigenvalue weighted by molar-refractivity contribution is 7.79. The first-order valence-electron chi connectivity index (χ1n) is 5.12. The quantitative estimate of drug-likeness (QED) is 0.838. The molecule has 0 N–H and O–H groups in total. The van der Waals surface area contributed by atoms with E-state index in [9.17, 15) is 0 Å². The Balaban J connectivity index is 2.20. The van der Waals surface area contributed by atoms with E-state index in [1.807, 2.05) is 37.4 Å². The normalized spacial score (nSPS) is 10.4. The van der Waals surface area contributed by atoms with Crippen LogP contribution in [0.4, 0.5) is 0 Å². The molecule has 2 rings (SSSR count). The van der Waals surface area contributed by atoms with E-state index in [0.717, 1.165) is 22.1 Å². The van der Waals surface area contributed by atoms with Gasteiger partial charge in [-0.05, 0) is 31.2 Å². The average molecular weight is 251 g/mol. The smallest absolute Gasteiger partial charge is 0.123 e. The standard InChI is InChI=1S/C12H13NOS2/c1-2-14-10-5-3-9(4-6-10)12-13-7-11(8-15)16-12/h3-7,15H,2,8H2,1H3. The third-order valence-corrected chi connectivity index (χ3v) is 3.72. The minimum atomic E-state index is 0.695. The Morgan fingerprint density at radius 3 is 2.62 bits per heavy atom. The van der Waals surface area contributed by atoms with Gasteiger partial charge in [-0.15, -0.1) is 11.3 Å². The molecule has 84 valence electrons. The van der Waals surface area contributed by atoms with Gasteiger partial charge >= 0.3 is 0 Å². The molecule has 0 fully saturated rings. The molecule has 0 spiro atoms. The monoisotopic (exact) mass is 251 g/mol. The molecule has 0 saturated heterocycles. The van der Waals surface area contributed by atoms with Crippen LogP contribution in [0.25, 0.3) is 10.6 Å². The van der Waals surface area contributed by atoms with E-state index in [1.165, 1.54) is 4.88 Å². The van der Waals surface area contributed by atoms with Crippen LogP contribution < -0.4 is 4.74 Å². The van der Waals surface area contributed by atoms with Gasteiger partial charge in [0.05, 0.1) is 6.61 Å². The number of thiazole rings is 1. The van der Waals surface area contributed by atoms with Crippen molar-refractivity contribution < 1.29 is 4.74 Å². The first kappa shape index (κ1) is 11.5. The molecule has 0 bridgehead atoms. The van der Waals surface area contributed by atoms with Crippen molar-refractivity contribution >= 4 is 24.0 Å². The predicted molar refractivity (Wildman–Crippen MR) is 71.4 cm³/mol. The molecule has 0 radical (unpaired) electrons. The number of rotatable bonds is 4. The Labute approximate surface area is 105 Å². The van der Waals surface area contributed by atoms with E-state index in [0.29, 0.717) is 6.61 Å². The van der Waals surface area contributed by atoms with Gasteiger partial charge in [-0.3, -0.25) is 0 Å². The van der Waals surface area contributed by atoms with Crippen molar-refractivity contribution in [3.63, 3.8) is 0 Å². The summed E-state index contributed by atoms with van der Waals surface area (Å²) in [5.74, 6) is 1.64. The van der Waals surface area contributed by atoms with Crippen LogP contribution in [-0.4, -0.2) is 11.6 Å². The molecular formula is C12H13NOS2. The lowest BCUT2D eigenvalue weighted by Gasteiger charge is -2.02. The van der Waals surface area contributed by atoms with E-state index < -0.39 is 0 Å². The Morgan fingerprint density at radius 1 is 1.31 bits per heavy atom. The molecule has 0 aliphatic rings. The Bertz CT molecular complexity index is 450. The fraction of sp³-hybridized carbons (Fsp3) is 0.250. The molecule has 0 aliphatic carbocycles. The molecule has 1 heterocycles. The SMILES string of the molecule is CCOc1ccc(-c2ncc(CS)s2)cc1. The second-order valence-electron chi connectivity index (χ2n) is 3.25. The molecule has 0 aliphatic heterocycles. The minimum Gasteiger partial charge on any atom is -0.494 e. The summed E-state index contributed by atoms with van der Waals surface area (Å²) in [7, 11) is 0. The number of aromatic nitrogens is 1. The summed E-state index contributed by atoms with van der Waals surface area (Å²) < 4.78 is 5.39. The van der Waals surface area contributed by atoms with Gasteiger partial charge in [0.2, 0.25) is 0 Å². The molecule has 0 amide bonds. The Kier molecular flexibility index (Phi) is 3.85. The van der Waals surface area contributed by atoms with Crippen LogP contribution >= 0.6 is 24.0 Å². The summed E-state index contributed by atoms with van der Waals surface area (Å²) in [5.41, 5.74) is 1.13. The first-order chi connectivity index (χ1) is 7.83. The van der Waals surface area contributed by atoms with Gasteiger partial charge in [0.15, 0.2) is 0 Å². The van der Waals surface area contributed by atoms with E-state index in [2.05, 4.69) is 17.6 Å². The second-order valence-corrected chi connectivity index (χ2v) is 4.68. The lowest BCUT2D eigenvalue weighted by atomic mass is 10.2. The molecule has 16 heavy (non-hydrogen) atoms. The van der Waals surface area contributed by atoms with Gasteiger partial charge in [0.1, 0.15) is 10.8 Å². The number of thiol groups is 1. The fourth-order valence-electron chi connectivity index (χ4n) is 1.37. The summed E-state index contributed by atoms with van der Waals surface area (Å²) in [4.78, 5) is 5.55. The van der Waals surface area contributed by atoms with Crippen molar-refractivity contribution in [1.82, 2.24) is 4.98 Å². The number of benzene rings is 1. The summed E-state index contributed by atoms with van der Waals surface area (Å²) >= 11 is 5.91. The number of hydrogen-bond donors (Lipinski definition) is 1. The number of ether oxygens (including phenoxy) is 1. The molecule has 1 aromatic heterocycles. The molecule has 0 saturated carbocycles. The predicted octanol–water partition coefficient (Wildman–Crippen LogP) is 3.64. The van der Waals surface area contributed by atoms with Gasteiger partial charge in [-0.2, -0.15) is 12.6 Å². The maximum atomic E-state index is 5.39. The second kappa shape index (κ2) is 5.37. The largest absolute Gasteiger partial charge is 0.494 e. The van der Waals surface area contributed by atoms with E-state index in [-0.39, 0.29) is 0 Å². The van der Waals surface area contributed by atoms with Gasteiger partial charge in [-0.1, -0.05) is 0 Å². The van der Waals surface area contributed by atoms with E-state index in [1.54, 1.807) is 11.3 Å². The van der Waals surface area contributed by atoms with Crippen molar-refractivity contribution in [2.24, 2.45) is 0 Å². The van der Waals surface area contributed by atoms with Crippen molar-refractivity contribution in [3.05, 3.63) is 35.3 Å². The van der Waals surface area contributed by atoms with Crippen molar-refractivity contribution in [2.45, 2.75) is 12.7 Å². The van der Waals surface area contributed by atoms with Crippen molar-refractivity contribution in [1.29, 1.82) is 0 Å². The van der Waals surface area contributed by atoms with E-state index >= 15 is 0 Å². The highest BCUT2D eigenvalue weighted by Gasteiger charge is 2.03. The molecule has 0 atom stereocenters. The van der Waals surface area contributed by atoms with Gasteiger partial charge in [0.25, 0.3) is 0 Å². The van der Waals surface area contributed by atoms with Crippen LogP contribution in [0.5, 0.6) is 5.75 Å². The number of nitrogens with zero attached hydrogens (tertiary/aromatic N) is 1. The zero-order valence-electron chi connectivity index (χ0n) is 9.01. The molecular weight excluding hydrogens is 238 g/mol. The molecule has 2 nitrogen and oxygen atoms in total. The van der Waals surface area contributed by atoms with Crippen LogP contribution in [0.15, 0.2) is 30.5 Å². The highest BCUT2D eigenvalue weighted by atomic mass is 32.1. The van der Waals surface area contributed by atoms with Gasteiger partial charge in [0, 0.05) is 22.4 Å². The summed E-state index contributed by atoms with van der Waals surface area (Å²) in [6.07, 6.45) is 1.88. The third-order valence-electron chi connectivity index (χ3n) is 2.12. The fourth-order valence-corrected chi connectivity index (χ4v) is 2.43. The van der Waals surface area contributed by atoms with Crippen LogP contribution in [0.1, 0.15) is 11.8 Å². The molecule has 2 aromatic rings. The molecule has 4 heteroatoms. The lowest BCUT2D eigenvalue weighted by Crippen LogP contribution is -1.90. The third kappa shape index (κ3) is 2.57. The summed E-state index contributed by atoms with van der Waals surface area (Å²) in [6, 6.07) is 8.01. The first-order valence-corrected chi connectivity index (χ1v) is 6.57. The van der Waals surface area contributed by atoms with Gasteiger partial charge < -0.3 is 4.74 Å². The van der Waals surface area contributed by atoms with Crippen molar-refractivity contribution in [3.8, 4) is 16.3 Å². The lowest BCUT2D eigenvalue weighted by molar-refractivity contribution is 0.340. The summed E-state index contributed by atoms with van der Waals surface area (Å²) in [6.45, 7) is 2.67.